The van der Waals surface area contributed by atoms with E-state index in [0.29, 0.717) is 10.0 Å². The van der Waals surface area contributed by atoms with Crippen LogP contribution in [0.15, 0.2) is 18.2 Å². The third kappa shape index (κ3) is 2.51. The van der Waals surface area contributed by atoms with Crippen LogP contribution in [0, 0.1) is 0 Å². The topological polar surface area (TPSA) is 23.5 Å². The Morgan fingerprint density at radius 1 is 1.38 bits per heavy atom. The standard InChI is InChI=1S/C12H15Cl2NO/c1-8(15-5-4-10(16)7-15)9-2-3-11(13)12(14)6-9/h2-3,6,8,10,16H,4-5,7H2,1H3/t8?,10-/m0/s1. The summed E-state index contributed by atoms with van der Waals surface area (Å²) in [7, 11) is 0. The molecule has 1 aliphatic heterocycles. The van der Waals surface area contributed by atoms with Crippen molar-refractivity contribution in [1.82, 2.24) is 4.90 Å². The Labute approximate surface area is 106 Å². The lowest BCUT2D eigenvalue weighted by molar-refractivity contribution is 0.163. The van der Waals surface area contributed by atoms with Crippen molar-refractivity contribution in [1.29, 1.82) is 0 Å². The molecule has 4 heteroatoms. The van der Waals surface area contributed by atoms with E-state index in [4.69, 9.17) is 23.2 Å². The molecule has 2 atom stereocenters. The number of aliphatic hydroxyl groups excluding tert-OH is 1. The average molecular weight is 260 g/mol. The maximum Gasteiger partial charge on any atom is 0.0679 e. The molecule has 1 aromatic rings. The molecule has 88 valence electrons. The number of benzene rings is 1. The van der Waals surface area contributed by atoms with Gasteiger partial charge in [0.1, 0.15) is 0 Å². The summed E-state index contributed by atoms with van der Waals surface area (Å²) in [5.74, 6) is 0. The van der Waals surface area contributed by atoms with E-state index in [1.165, 1.54) is 0 Å². The van der Waals surface area contributed by atoms with E-state index in [1.807, 2.05) is 18.2 Å². The second-order valence-corrected chi connectivity index (χ2v) is 5.10. The van der Waals surface area contributed by atoms with Gasteiger partial charge in [-0.05, 0) is 31.0 Å². The summed E-state index contributed by atoms with van der Waals surface area (Å²) < 4.78 is 0. The molecule has 0 radical (unpaired) electrons. The minimum Gasteiger partial charge on any atom is -0.392 e. The zero-order valence-corrected chi connectivity index (χ0v) is 10.7. The highest BCUT2D eigenvalue weighted by atomic mass is 35.5. The van der Waals surface area contributed by atoms with Crippen LogP contribution in [0.5, 0.6) is 0 Å². The minimum atomic E-state index is -0.190. The second-order valence-electron chi connectivity index (χ2n) is 4.29. The molecular weight excluding hydrogens is 245 g/mol. The minimum absolute atomic E-state index is 0.190. The van der Waals surface area contributed by atoms with Crippen molar-refractivity contribution >= 4 is 23.2 Å². The molecular formula is C12H15Cl2NO. The van der Waals surface area contributed by atoms with Gasteiger partial charge in [0.05, 0.1) is 16.1 Å². The number of hydrogen-bond donors (Lipinski definition) is 1. The Morgan fingerprint density at radius 2 is 2.12 bits per heavy atom. The van der Waals surface area contributed by atoms with Crippen molar-refractivity contribution in [3.8, 4) is 0 Å². The lowest BCUT2D eigenvalue weighted by Crippen LogP contribution is -2.25. The van der Waals surface area contributed by atoms with Gasteiger partial charge in [-0.1, -0.05) is 29.3 Å². The Bertz CT molecular complexity index is 383. The highest BCUT2D eigenvalue weighted by Gasteiger charge is 2.25. The van der Waals surface area contributed by atoms with Crippen LogP contribution in [-0.2, 0) is 0 Å². The smallest absolute Gasteiger partial charge is 0.0679 e. The summed E-state index contributed by atoms with van der Waals surface area (Å²) in [6.45, 7) is 3.79. The Hall–Kier alpha value is -0.280. The molecule has 16 heavy (non-hydrogen) atoms. The second kappa shape index (κ2) is 4.92. The van der Waals surface area contributed by atoms with Crippen LogP contribution in [-0.4, -0.2) is 29.2 Å². The molecule has 0 spiro atoms. The molecule has 0 aliphatic carbocycles. The molecule has 1 fully saturated rings. The van der Waals surface area contributed by atoms with Gasteiger partial charge in [-0.25, -0.2) is 0 Å². The molecule has 1 saturated heterocycles. The van der Waals surface area contributed by atoms with Gasteiger partial charge in [0, 0.05) is 19.1 Å². The average Bonchev–Trinajstić information content (AvgIpc) is 2.68. The monoisotopic (exact) mass is 259 g/mol. The van der Waals surface area contributed by atoms with Gasteiger partial charge >= 0.3 is 0 Å². The van der Waals surface area contributed by atoms with Crippen LogP contribution in [0.25, 0.3) is 0 Å². The summed E-state index contributed by atoms with van der Waals surface area (Å²) in [6, 6.07) is 5.98. The van der Waals surface area contributed by atoms with Crippen LogP contribution in [0.4, 0.5) is 0 Å². The number of β-amino-alcohol motifs (C(OH)–C–C–N with tert-alkyl or cyclic N) is 1. The summed E-state index contributed by atoms with van der Waals surface area (Å²) in [6.07, 6.45) is 0.663. The molecule has 1 N–H and O–H groups in total. The van der Waals surface area contributed by atoms with Crippen molar-refractivity contribution in [3.63, 3.8) is 0 Å². The van der Waals surface area contributed by atoms with E-state index in [9.17, 15) is 5.11 Å². The molecule has 0 saturated carbocycles. The quantitative estimate of drug-likeness (QED) is 0.883. The number of nitrogens with zero attached hydrogens (tertiary/aromatic N) is 1. The molecule has 1 heterocycles. The molecule has 2 rings (SSSR count). The van der Waals surface area contributed by atoms with Crippen LogP contribution in [0.1, 0.15) is 24.9 Å². The van der Waals surface area contributed by atoms with Gasteiger partial charge < -0.3 is 5.11 Å². The van der Waals surface area contributed by atoms with Gasteiger partial charge in [0.15, 0.2) is 0 Å². The van der Waals surface area contributed by atoms with Gasteiger partial charge in [-0.3, -0.25) is 4.90 Å². The molecule has 2 nitrogen and oxygen atoms in total. The van der Waals surface area contributed by atoms with Gasteiger partial charge in [0.2, 0.25) is 0 Å². The van der Waals surface area contributed by atoms with Gasteiger partial charge in [0.25, 0.3) is 0 Å². The first-order valence-electron chi connectivity index (χ1n) is 5.45. The molecule has 0 aromatic heterocycles. The normalized spacial score (nSPS) is 23.6. The Balaban J connectivity index is 2.14. The highest BCUT2D eigenvalue weighted by molar-refractivity contribution is 6.42. The maximum absolute atomic E-state index is 9.51. The lowest BCUT2D eigenvalue weighted by Gasteiger charge is -2.24. The summed E-state index contributed by atoms with van der Waals surface area (Å²) in [5, 5.41) is 10.7. The number of hydrogen-bond acceptors (Lipinski definition) is 2. The van der Waals surface area contributed by atoms with Crippen molar-refractivity contribution in [2.75, 3.05) is 13.1 Å². The predicted molar refractivity (Wildman–Crippen MR) is 67.1 cm³/mol. The van der Waals surface area contributed by atoms with E-state index in [0.717, 1.165) is 25.1 Å². The summed E-state index contributed by atoms with van der Waals surface area (Å²) in [4.78, 5) is 2.25. The maximum atomic E-state index is 9.51. The Morgan fingerprint density at radius 3 is 2.69 bits per heavy atom. The fourth-order valence-electron chi connectivity index (χ4n) is 2.10. The summed E-state index contributed by atoms with van der Waals surface area (Å²) >= 11 is 11.9. The molecule has 1 unspecified atom stereocenters. The number of halogens is 2. The third-order valence-electron chi connectivity index (χ3n) is 3.17. The number of likely N-dealkylation sites (tertiary alicyclic amines) is 1. The zero-order chi connectivity index (χ0) is 11.7. The molecule has 1 aromatic carbocycles. The first-order chi connectivity index (χ1) is 7.58. The van der Waals surface area contributed by atoms with Crippen LogP contribution in [0.2, 0.25) is 10.0 Å². The molecule has 0 bridgehead atoms. The first-order valence-corrected chi connectivity index (χ1v) is 6.20. The number of rotatable bonds is 2. The van der Waals surface area contributed by atoms with E-state index in [2.05, 4.69) is 11.8 Å². The zero-order valence-electron chi connectivity index (χ0n) is 9.16. The highest BCUT2D eigenvalue weighted by Crippen LogP contribution is 2.29. The lowest BCUT2D eigenvalue weighted by atomic mass is 10.1. The van der Waals surface area contributed by atoms with Gasteiger partial charge in [-0.2, -0.15) is 0 Å². The first kappa shape index (κ1) is 12.2. The van der Waals surface area contributed by atoms with Crippen LogP contribution < -0.4 is 0 Å². The fraction of sp³-hybridized carbons (Fsp3) is 0.500. The van der Waals surface area contributed by atoms with Crippen molar-refractivity contribution in [2.24, 2.45) is 0 Å². The fourth-order valence-corrected chi connectivity index (χ4v) is 2.41. The Kier molecular flexibility index (Phi) is 3.75. The largest absolute Gasteiger partial charge is 0.392 e. The predicted octanol–water partition coefficient (Wildman–Crippen LogP) is 3.12. The van der Waals surface area contributed by atoms with Crippen molar-refractivity contribution in [2.45, 2.75) is 25.5 Å². The molecule has 0 amide bonds. The SMILES string of the molecule is CC(c1ccc(Cl)c(Cl)c1)N1CC[C@H](O)C1. The number of aliphatic hydroxyl groups is 1. The van der Waals surface area contributed by atoms with E-state index in [-0.39, 0.29) is 12.1 Å². The van der Waals surface area contributed by atoms with Crippen LogP contribution >= 0.6 is 23.2 Å². The van der Waals surface area contributed by atoms with Gasteiger partial charge in [-0.15, -0.1) is 0 Å². The van der Waals surface area contributed by atoms with E-state index in [1.54, 1.807) is 0 Å². The van der Waals surface area contributed by atoms with Crippen molar-refractivity contribution < 1.29 is 5.11 Å². The van der Waals surface area contributed by atoms with Crippen LogP contribution in [0.3, 0.4) is 0 Å². The third-order valence-corrected chi connectivity index (χ3v) is 3.91. The summed E-state index contributed by atoms with van der Waals surface area (Å²) in [5.41, 5.74) is 1.14. The van der Waals surface area contributed by atoms with Crippen molar-refractivity contribution in [3.05, 3.63) is 33.8 Å². The van der Waals surface area contributed by atoms with E-state index >= 15 is 0 Å². The molecule has 1 aliphatic rings. The van der Waals surface area contributed by atoms with E-state index < -0.39 is 0 Å².